The molecule has 0 saturated carbocycles. The maximum Gasteiger partial charge on any atom is 0.258 e. The third kappa shape index (κ3) is 3.95. The zero-order valence-corrected chi connectivity index (χ0v) is 13.2. The molecule has 23 heavy (non-hydrogen) atoms. The van der Waals surface area contributed by atoms with Crippen LogP contribution in [0, 0.1) is 6.92 Å². The van der Waals surface area contributed by atoms with Gasteiger partial charge in [0.2, 0.25) is 0 Å². The molecule has 7 heteroatoms. The van der Waals surface area contributed by atoms with Crippen LogP contribution in [0.4, 0.5) is 5.69 Å². The Morgan fingerprint density at radius 2 is 2.17 bits per heavy atom. The minimum atomic E-state index is -0.218. The number of amides is 1. The van der Waals surface area contributed by atoms with Crippen molar-refractivity contribution in [2.75, 3.05) is 5.32 Å². The van der Waals surface area contributed by atoms with Crippen molar-refractivity contribution < 1.29 is 9.32 Å². The van der Waals surface area contributed by atoms with E-state index in [1.165, 1.54) is 11.8 Å². The van der Waals surface area contributed by atoms with Gasteiger partial charge in [0.05, 0.1) is 23.1 Å². The van der Waals surface area contributed by atoms with E-state index in [4.69, 9.17) is 4.52 Å². The van der Waals surface area contributed by atoms with E-state index in [0.29, 0.717) is 22.0 Å². The summed E-state index contributed by atoms with van der Waals surface area (Å²) in [5.74, 6) is 1.13. The average Bonchev–Trinajstić information content (AvgIpc) is 2.99. The van der Waals surface area contributed by atoms with Crippen molar-refractivity contribution in [1.82, 2.24) is 15.1 Å². The highest BCUT2D eigenvalue weighted by Gasteiger charge is 2.14. The van der Waals surface area contributed by atoms with E-state index in [9.17, 15) is 4.79 Å². The van der Waals surface area contributed by atoms with E-state index < -0.39 is 0 Å². The van der Waals surface area contributed by atoms with Crippen molar-refractivity contribution in [1.29, 1.82) is 0 Å². The molecule has 0 bridgehead atoms. The molecule has 3 aromatic rings. The van der Waals surface area contributed by atoms with E-state index in [-0.39, 0.29) is 5.91 Å². The first-order valence-corrected chi connectivity index (χ1v) is 7.92. The standard InChI is InChI=1S/C16H14N4O2S/c1-11-8-13(20-22-11)10-23-16-14(5-3-7-18-16)15(21)19-12-4-2-6-17-9-12/h2-9H,10H2,1H3,(H,19,21). The van der Waals surface area contributed by atoms with Gasteiger partial charge in [0, 0.05) is 24.2 Å². The molecule has 0 spiro atoms. The van der Waals surface area contributed by atoms with Crippen LogP contribution in [-0.4, -0.2) is 21.0 Å². The predicted molar refractivity (Wildman–Crippen MR) is 87.2 cm³/mol. The molecule has 3 heterocycles. The Hall–Kier alpha value is -2.67. The van der Waals surface area contributed by atoms with E-state index in [2.05, 4.69) is 20.4 Å². The minimum Gasteiger partial charge on any atom is -0.361 e. The van der Waals surface area contributed by atoms with E-state index >= 15 is 0 Å². The number of pyridine rings is 2. The molecule has 3 rings (SSSR count). The fourth-order valence-electron chi connectivity index (χ4n) is 1.94. The van der Waals surface area contributed by atoms with Crippen LogP contribution in [0.25, 0.3) is 0 Å². The molecule has 0 aliphatic rings. The first kappa shape index (κ1) is 15.2. The Balaban J connectivity index is 1.73. The molecule has 3 aromatic heterocycles. The molecule has 1 N–H and O–H groups in total. The highest BCUT2D eigenvalue weighted by Crippen LogP contribution is 2.24. The van der Waals surface area contributed by atoms with Crippen LogP contribution < -0.4 is 5.32 Å². The fourth-order valence-corrected chi connectivity index (χ4v) is 2.81. The summed E-state index contributed by atoms with van der Waals surface area (Å²) >= 11 is 1.44. The topological polar surface area (TPSA) is 80.9 Å². The van der Waals surface area contributed by atoms with Crippen molar-refractivity contribution in [3.63, 3.8) is 0 Å². The van der Waals surface area contributed by atoms with Gasteiger partial charge in [-0.05, 0) is 31.2 Å². The van der Waals surface area contributed by atoms with Crippen molar-refractivity contribution in [3.8, 4) is 0 Å². The quantitative estimate of drug-likeness (QED) is 0.724. The second-order valence-electron chi connectivity index (χ2n) is 4.77. The maximum atomic E-state index is 12.4. The van der Waals surface area contributed by atoms with Crippen molar-refractivity contribution in [2.24, 2.45) is 0 Å². The molecule has 0 saturated heterocycles. The fraction of sp³-hybridized carbons (Fsp3) is 0.125. The molecule has 0 aromatic carbocycles. The number of nitrogens with zero attached hydrogens (tertiary/aromatic N) is 3. The normalized spacial score (nSPS) is 10.5. The molecule has 1 amide bonds. The largest absolute Gasteiger partial charge is 0.361 e. The summed E-state index contributed by atoms with van der Waals surface area (Å²) < 4.78 is 5.04. The lowest BCUT2D eigenvalue weighted by atomic mass is 10.2. The average molecular weight is 326 g/mol. The van der Waals surface area contributed by atoms with E-state index in [1.54, 1.807) is 42.9 Å². The van der Waals surface area contributed by atoms with Gasteiger partial charge in [-0.1, -0.05) is 16.9 Å². The Labute approximate surface area is 137 Å². The lowest BCUT2D eigenvalue weighted by Crippen LogP contribution is -2.13. The Morgan fingerprint density at radius 3 is 2.91 bits per heavy atom. The Morgan fingerprint density at radius 1 is 1.30 bits per heavy atom. The summed E-state index contributed by atoms with van der Waals surface area (Å²) in [5.41, 5.74) is 1.97. The molecular weight excluding hydrogens is 312 g/mol. The van der Waals surface area contributed by atoms with Crippen LogP contribution in [0.3, 0.4) is 0 Å². The number of aryl methyl sites for hydroxylation is 1. The van der Waals surface area contributed by atoms with Gasteiger partial charge >= 0.3 is 0 Å². The van der Waals surface area contributed by atoms with Crippen LogP contribution in [0.2, 0.25) is 0 Å². The van der Waals surface area contributed by atoms with Crippen molar-refractivity contribution >= 4 is 23.4 Å². The van der Waals surface area contributed by atoms with Crippen LogP contribution in [0.5, 0.6) is 0 Å². The van der Waals surface area contributed by atoms with Gasteiger partial charge in [-0.25, -0.2) is 4.98 Å². The first-order chi connectivity index (χ1) is 11.2. The zero-order valence-electron chi connectivity index (χ0n) is 12.4. The maximum absolute atomic E-state index is 12.4. The van der Waals surface area contributed by atoms with Gasteiger partial charge in [0.25, 0.3) is 5.91 Å². The first-order valence-electron chi connectivity index (χ1n) is 6.94. The third-order valence-corrected chi connectivity index (χ3v) is 4.01. The number of nitrogens with one attached hydrogen (secondary N) is 1. The number of thioether (sulfide) groups is 1. The molecule has 0 fully saturated rings. The Bertz CT molecular complexity index is 805. The van der Waals surface area contributed by atoms with Gasteiger partial charge in [-0.15, -0.1) is 0 Å². The van der Waals surface area contributed by atoms with Gasteiger partial charge < -0.3 is 9.84 Å². The summed E-state index contributed by atoms with van der Waals surface area (Å²) in [6.45, 7) is 1.84. The lowest BCUT2D eigenvalue weighted by Gasteiger charge is -2.08. The molecule has 0 atom stereocenters. The number of carbonyl (C=O) groups excluding carboxylic acids is 1. The summed E-state index contributed by atoms with van der Waals surface area (Å²) in [5, 5.41) is 7.40. The smallest absolute Gasteiger partial charge is 0.258 e. The molecule has 0 radical (unpaired) electrons. The SMILES string of the molecule is Cc1cc(CSc2ncccc2C(=O)Nc2cccnc2)no1. The number of aromatic nitrogens is 3. The number of hydrogen-bond donors (Lipinski definition) is 1. The van der Waals surface area contributed by atoms with Gasteiger partial charge in [0.15, 0.2) is 0 Å². The van der Waals surface area contributed by atoms with E-state index in [0.717, 1.165) is 11.5 Å². The van der Waals surface area contributed by atoms with Gasteiger partial charge in [0.1, 0.15) is 10.8 Å². The zero-order chi connectivity index (χ0) is 16.1. The van der Waals surface area contributed by atoms with Crippen molar-refractivity contribution in [2.45, 2.75) is 17.7 Å². The number of hydrogen-bond acceptors (Lipinski definition) is 6. The minimum absolute atomic E-state index is 0.218. The van der Waals surface area contributed by atoms with Crippen LogP contribution in [-0.2, 0) is 5.75 Å². The molecule has 0 unspecified atom stereocenters. The highest BCUT2D eigenvalue weighted by molar-refractivity contribution is 7.98. The van der Waals surface area contributed by atoms with Crippen LogP contribution in [0.15, 0.2) is 58.5 Å². The van der Waals surface area contributed by atoms with E-state index in [1.807, 2.05) is 13.0 Å². The summed E-state index contributed by atoms with van der Waals surface area (Å²) in [6, 6.07) is 8.90. The van der Waals surface area contributed by atoms with Crippen LogP contribution in [0.1, 0.15) is 21.8 Å². The third-order valence-electron chi connectivity index (χ3n) is 2.97. The van der Waals surface area contributed by atoms with Crippen LogP contribution >= 0.6 is 11.8 Å². The molecular formula is C16H14N4O2S. The van der Waals surface area contributed by atoms with Gasteiger partial charge in [-0.3, -0.25) is 9.78 Å². The lowest BCUT2D eigenvalue weighted by molar-refractivity contribution is 0.102. The highest BCUT2D eigenvalue weighted by atomic mass is 32.2. The second-order valence-corrected chi connectivity index (χ2v) is 5.73. The monoisotopic (exact) mass is 326 g/mol. The molecule has 6 nitrogen and oxygen atoms in total. The molecule has 116 valence electrons. The molecule has 0 aliphatic heterocycles. The number of anilines is 1. The number of carbonyl (C=O) groups is 1. The number of rotatable bonds is 5. The predicted octanol–water partition coefficient (Wildman–Crippen LogP) is 3.32. The van der Waals surface area contributed by atoms with Crippen molar-refractivity contribution in [3.05, 3.63) is 65.9 Å². The summed E-state index contributed by atoms with van der Waals surface area (Å²) in [7, 11) is 0. The second kappa shape index (κ2) is 7.06. The summed E-state index contributed by atoms with van der Waals surface area (Å²) in [6.07, 6.45) is 4.91. The molecule has 0 aliphatic carbocycles. The Kier molecular flexibility index (Phi) is 4.68. The van der Waals surface area contributed by atoms with Gasteiger partial charge in [-0.2, -0.15) is 0 Å². The summed E-state index contributed by atoms with van der Waals surface area (Å²) in [4.78, 5) is 20.7.